The number of rotatable bonds is 9. The van der Waals surface area contributed by atoms with Crippen molar-refractivity contribution >= 4 is 33.6 Å². The highest BCUT2D eigenvalue weighted by molar-refractivity contribution is 9.10. The Morgan fingerprint density at radius 2 is 1.91 bits per heavy atom. The van der Waals surface area contributed by atoms with E-state index in [1.165, 1.54) is 23.9 Å². The molecule has 3 aromatic rings. The van der Waals surface area contributed by atoms with E-state index >= 15 is 0 Å². The highest BCUT2D eigenvalue weighted by Crippen LogP contribution is 2.25. The largest absolute Gasteiger partial charge is 0.489 e. The van der Waals surface area contributed by atoms with Crippen molar-refractivity contribution in [2.45, 2.75) is 51.5 Å². The Bertz CT molecular complexity index is 1100. The van der Waals surface area contributed by atoms with Crippen LogP contribution in [0.25, 0.3) is 0 Å². The average Bonchev–Trinajstić information content (AvgIpc) is 3.09. The number of ether oxygens (including phenoxy) is 1. The summed E-state index contributed by atoms with van der Waals surface area (Å²) in [6.07, 6.45) is 0. The van der Waals surface area contributed by atoms with Crippen LogP contribution in [0.5, 0.6) is 5.75 Å². The maximum Gasteiger partial charge on any atom is 0.230 e. The Kier molecular flexibility index (Phi) is 8.36. The molecule has 0 radical (unpaired) electrons. The van der Waals surface area contributed by atoms with Gasteiger partial charge >= 0.3 is 0 Å². The molecule has 1 heterocycles. The Balaban J connectivity index is 1.66. The highest BCUT2D eigenvalue weighted by Gasteiger charge is 2.16. The van der Waals surface area contributed by atoms with E-state index in [1.807, 2.05) is 45.9 Å². The monoisotopic (exact) mass is 535 g/mol. The van der Waals surface area contributed by atoms with Gasteiger partial charge in [0.15, 0.2) is 0 Å². The lowest BCUT2D eigenvalue weighted by atomic mass is 10.1. The van der Waals surface area contributed by atoms with Crippen molar-refractivity contribution in [3.63, 3.8) is 0 Å². The summed E-state index contributed by atoms with van der Waals surface area (Å²) in [4.78, 5) is 12.2. The molecule has 0 atom stereocenters. The van der Waals surface area contributed by atoms with Crippen molar-refractivity contribution in [2.24, 2.45) is 0 Å². The number of benzene rings is 2. The van der Waals surface area contributed by atoms with Crippen molar-refractivity contribution < 1.29 is 13.9 Å². The molecule has 176 valence electrons. The molecule has 0 aliphatic heterocycles. The fourth-order valence-electron chi connectivity index (χ4n) is 2.94. The summed E-state index contributed by atoms with van der Waals surface area (Å²) in [5.74, 6) is 1.28. The van der Waals surface area contributed by atoms with Gasteiger partial charge in [0.25, 0.3) is 0 Å². The van der Waals surface area contributed by atoms with Crippen molar-refractivity contribution in [3.8, 4) is 5.75 Å². The summed E-state index contributed by atoms with van der Waals surface area (Å²) in [5.41, 5.74) is 4.82. The first-order valence-electron chi connectivity index (χ1n) is 10.4. The first-order chi connectivity index (χ1) is 15.6. The second-order valence-electron chi connectivity index (χ2n) is 8.45. The zero-order valence-corrected chi connectivity index (χ0v) is 21.4. The summed E-state index contributed by atoms with van der Waals surface area (Å²) < 4.78 is 21.8. The van der Waals surface area contributed by atoms with Crippen LogP contribution in [0.2, 0.25) is 0 Å². The zero-order chi connectivity index (χ0) is 24.0. The number of hydrogen-bond acceptors (Lipinski definition) is 6. The third-order valence-electron chi connectivity index (χ3n) is 4.40. The van der Waals surface area contributed by atoms with Gasteiger partial charge in [-0.3, -0.25) is 4.79 Å². The minimum Gasteiger partial charge on any atom is -0.489 e. The number of nitrogens with one attached hydrogen (secondary N) is 2. The van der Waals surface area contributed by atoms with Gasteiger partial charge in [-0.2, -0.15) is 0 Å². The predicted octanol–water partition coefficient (Wildman–Crippen LogP) is 4.82. The topological polar surface area (TPSA) is 81.1 Å². The first-order valence-corrected chi connectivity index (χ1v) is 12.1. The molecule has 0 unspecified atom stereocenters. The predicted molar refractivity (Wildman–Crippen MR) is 131 cm³/mol. The third kappa shape index (κ3) is 7.75. The highest BCUT2D eigenvalue weighted by atomic mass is 79.9. The van der Waals surface area contributed by atoms with Gasteiger partial charge in [0, 0.05) is 15.6 Å². The minimum atomic E-state index is -0.287. The maximum absolute atomic E-state index is 13.1. The molecule has 0 spiro atoms. The normalized spacial score (nSPS) is 11.3. The number of aromatic nitrogens is 3. The summed E-state index contributed by atoms with van der Waals surface area (Å²) in [6, 6.07) is 12.0. The second-order valence-corrected chi connectivity index (χ2v) is 10.3. The van der Waals surface area contributed by atoms with E-state index in [2.05, 4.69) is 36.9 Å². The summed E-state index contributed by atoms with van der Waals surface area (Å²) in [5, 5.41) is 11.8. The van der Waals surface area contributed by atoms with Crippen LogP contribution in [0.3, 0.4) is 0 Å². The van der Waals surface area contributed by atoms with Gasteiger partial charge < -0.3 is 15.5 Å². The molecule has 1 amide bonds. The van der Waals surface area contributed by atoms with Crippen LogP contribution < -0.4 is 15.5 Å². The van der Waals surface area contributed by atoms with Gasteiger partial charge in [0.2, 0.25) is 11.1 Å². The lowest BCUT2D eigenvalue weighted by Gasteiger charge is -2.20. The molecule has 0 aliphatic carbocycles. The minimum absolute atomic E-state index is 0.0665. The number of thioether (sulfide) groups is 1. The molecular weight excluding hydrogens is 509 g/mol. The van der Waals surface area contributed by atoms with Crippen LogP contribution in [-0.2, 0) is 17.9 Å². The van der Waals surface area contributed by atoms with Gasteiger partial charge in [-0.05, 0) is 63.6 Å². The van der Waals surface area contributed by atoms with E-state index in [-0.39, 0.29) is 23.0 Å². The molecule has 3 rings (SSSR count). The van der Waals surface area contributed by atoms with Gasteiger partial charge in [-0.1, -0.05) is 39.8 Å². The number of amides is 1. The standard InChI is InChI=1S/C23H27BrFN5O2S/c1-15-28-29-22(33-14-21(31)27-23(2,3)4)30(15)26-12-17-11-18(24)7-10-20(17)32-13-16-5-8-19(25)9-6-16/h5-11,26H,12-14H2,1-4H3,(H,27,31). The molecule has 0 fully saturated rings. The van der Waals surface area contributed by atoms with E-state index in [4.69, 9.17) is 4.74 Å². The van der Waals surface area contributed by atoms with Crippen molar-refractivity contribution in [2.75, 3.05) is 11.2 Å². The van der Waals surface area contributed by atoms with Crippen LogP contribution in [-0.4, -0.2) is 32.1 Å². The third-order valence-corrected chi connectivity index (χ3v) is 5.82. The van der Waals surface area contributed by atoms with E-state index in [0.717, 1.165) is 15.6 Å². The second kappa shape index (κ2) is 11.0. The number of aryl methyl sites for hydroxylation is 1. The molecule has 0 saturated carbocycles. The Morgan fingerprint density at radius 1 is 1.18 bits per heavy atom. The molecule has 2 N–H and O–H groups in total. The van der Waals surface area contributed by atoms with E-state index in [0.29, 0.717) is 29.9 Å². The number of carbonyl (C=O) groups excluding carboxylic acids is 1. The average molecular weight is 536 g/mol. The quantitative estimate of drug-likeness (QED) is 0.382. The maximum atomic E-state index is 13.1. The van der Waals surface area contributed by atoms with E-state index in [1.54, 1.807) is 16.8 Å². The van der Waals surface area contributed by atoms with Crippen molar-refractivity contribution in [1.29, 1.82) is 0 Å². The molecule has 2 aromatic carbocycles. The zero-order valence-electron chi connectivity index (χ0n) is 19.0. The van der Waals surface area contributed by atoms with Crippen LogP contribution in [0, 0.1) is 12.7 Å². The molecule has 0 saturated heterocycles. The molecule has 0 bridgehead atoms. The summed E-state index contributed by atoms with van der Waals surface area (Å²) in [6.45, 7) is 8.43. The fraction of sp³-hybridized carbons (Fsp3) is 0.348. The molecule has 33 heavy (non-hydrogen) atoms. The van der Waals surface area contributed by atoms with Gasteiger partial charge in [-0.15, -0.1) is 10.2 Å². The van der Waals surface area contributed by atoms with Crippen LogP contribution >= 0.6 is 27.7 Å². The lowest BCUT2D eigenvalue weighted by molar-refractivity contribution is -0.119. The van der Waals surface area contributed by atoms with E-state index in [9.17, 15) is 9.18 Å². The Hall–Kier alpha value is -2.59. The summed E-state index contributed by atoms with van der Waals surface area (Å²) >= 11 is 4.82. The van der Waals surface area contributed by atoms with Crippen LogP contribution in [0.4, 0.5) is 4.39 Å². The number of hydrogen-bond donors (Lipinski definition) is 2. The Morgan fingerprint density at radius 3 is 2.61 bits per heavy atom. The summed E-state index contributed by atoms with van der Waals surface area (Å²) in [7, 11) is 0. The molecular formula is C23H27BrFN5O2S. The molecule has 1 aromatic heterocycles. The molecule has 7 nitrogen and oxygen atoms in total. The fourth-order valence-corrected chi connectivity index (χ4v) is 4.10. The SMILES string of the molecule is Cc1nnc(SCC(=O)NC(C)(C)C)n1NCc1cc(Br)ccc1OCc1ccc(F)cc1. The smallest absolute Gasteiger partial charge is 0.230 e. The van der Waals surface area contributed by atoms with E-state index < -0.39 is 0 Å². The molecule has 10 heteroatoms. The van der Waals surface area contributed by atoms with Gasteiger partial charge in [-0.25, -0.2) is 9.07 Å². The Labute approximate surface area is 205 Å². The van der Waals surface area contributed by atoms with Crippen molar-refractivity contribution in [1.82, 2.24) is 20.2 Å². The van der Waals surface area contributed by atoms with Gasteiger partial charge in [0.05, 0.1) is 12.3 Å². The molecule has 0 aliphatic rings. The number of nitrogens with zero attached hydrogens (tertiary/aromatic N) is 3. The van der Waals surface area contributed by atoms with Gasteiger partial charge in [0.1, 0.15) is 24.0 Å². The van der Waals surface area contributed by atoms with Crippen molar-refractivity contribution in [3.05, 3.63) is 69.7 Å². The number of halogens is 2. The van der Waals surface area contributed by atoms with Crippen LogP contribution in [0.15, 0.2) is 52.1 Å². The first kappa shape index (κ1) is 25.0. The number of carbonyl (C=O) groups is 1. The lowest BCUT2D eigenvalue weighted by Crippen LogP contribution is -2.41. The van der Waals surface area contributed by atoms with Crippen LogP contribution in [0.1, 0.15) is 37.7 Å².